The number of carbonyl (C=O) groups excluding carboxylic acids is 2. The minimum Gasteiger partial charge on any atom is -0.469 e. The number of nitrogen functional groups attached to an aromatic ring is 1. The molecule has 7 heteroatoms. The van der Waals surface area contributed by atoms with Gasteiger partial charge in [-0.1, -0.05) is 24.3 Å². The Morgan fingerprint density at radius 1 is 1.13 bits per heavy atom. The number of carbonyl (C=O) groups is 2. The highest BCUT2D eigenvalue weighted by Gasteiger charge is 2.33. The number of hydrogen-bond donors (Lipinski definition) is 2. The summed E-state index contributed by atoms with van der Waals surface area (Å²) in [6, 6.07) is 14.8. The average Bonchev–Trinajstić information content (AvgIpc) is 3.09. The first-order valence-electron chi connectivity index (χ1n) is 9.64. The Bertz CT molecular complexity index is 992. The number of anilines is 1. The number of nitrogens with zero attached hydrogens (tertiary/aromatic N) is 2. The molecule has 0 atom stereocenters. The zero-order chi connectivity index (χ0) is 21.8. The molecule has 1 aliphatic rings. The maximum Gasteiger partial charge on any atom is 0.305 e. The highest BCUT2D eigenvalue weighted by atomic mass is 16.5. The van der Waals surface area contributed by atoms with E-state index in [9.17, 15) is 9.59 Å². The minimum absolute atomic E-state index is 0.00520. The predicted molar refractivity (Wildman–Crippen MR) is 117 cm³/mol. The molecule has 7 nitrogen and oxygen atoms in total. The van der Waals surface area contributed by atoms with E-state index in [1.807, 2.05) is 43.3 Å². The van der Waals surface area contributed by atoms with Crippen LogP contribution in [-0.4, -0.2) is 50.4 Å². The van der Waals surface area contributed by atoms with Crippen molar-refractivity contribution < 1.29 is 14.3 Å². The third-order valence-electron chi connectivity index (χ3n) is 5.17. The first-order valence-corrected chi connectivity index (χ1v) is 9.64. The summed E-state index contributed by atoms with van der Waals surface area (Å²) in [5, 5.41) is 7.53. The van der Waals surface area contributed by atoms with Crippen molar-refractivity contribution in [2.24, 2.45) is 5.73 Å². The van der Waals surface area contributed by atoms with Gasteiger partial charge in [0.1, 0.15) is 5.84 Å². The molecule has 0 unspecified atom stereocenters. The molecule has 0 fully saturated rings. The Morgan fingerprint density at radius 3 is 2.30 bits per heavy atom. The lowest BCUT2D eigenvalue weighted by Crippen LogP contribution is -2.27. The summed E-state index contributed by atoms with van der Waals surface area (Å²) in [7, 11) is 5.23. The summed E-state index contributed by atoms with van der Waals surface area (Å²) < 4.78 is 4.68. The van der Waals surface area contributed by atoms with Gasteiger partial charge in [-0.3, -0.25) is 15.0 Å². The summed E-state index contributed by atoms with van der Waals surface area (Å²) in [4.78, 5) is 28.3. The van der Waals surface area contributed by atoms with Crippen LogP contribution >= 0.6 is 0 Å². The van der Waals surface area contributed by atoms with Crippen molar-refractivity contribution in [3.05, 3.63) is 70.9 Å². The van der Waals surface area contributed by atoms with Gasteiger partial charge in [-0.05, 0) is 41.8 Å². The van der Waals surface area contributed by atoms with E-state index in [0.717, 1.165) is 22.5 Å². The highest BCUT2D eigenvalue weighted by molar-refractivity contribution is 6.29. The Hall–Kier alpha value is -3.61. The van der Waals surface area contributed by atoms with Gasteiger partial charge in [0.05, 0.1) is 19.2 Å². The van der Waals surface area contributed by atoms with Gasteiger partial charge in [0.2, 0.25) is 0 Å². The predicted octanol–water partition coefficient (Wildman–Crippen LogP) is 2.40. The van der Waals surface area contributed by atoms with Crippen LogP contribution in [-0.2, 0) is 20.7 Å². The van der Waals surface area contributed by atoms with Crippen molar-refractivity contribution in [2.45, 2.75) is 12.8 Å². The second-order valence-corrected chi connectivity index (χ2v) is 7.34. The molecule has 3 rings (SSSR count). The summed E-state index contributed by atoms with van der Waals surface area (Å²) in [6.07, 6.45) is 0.916. The van der Waals surface area contributed by atoms with Gasteiger partial charge in [0, 0.05) is 37.5 Å². The topological polar surface area (TPSA) is 99.7 Å². The lowest BCUT2D eigenvalue weighted by atomic mass is 10.0. The number of rotatable bonds is 7. The number of amides is 1. The van der Waals surface area contributed by atoms with Gasteiger partial charge in [0.25, 0.3) is 5.91 Å². The third-order valence-corrected chi connectivity index (χ3v) is 5.17. The zero-order valence-corrected chi connectivity index (χ0v) is 17.4. The normalized spacial score (nSPS) is 13.6. The molecule has 1 heterocycles. The number of amidine groups is 1. The molecule has 1 aliphatic heterocycles. The van der Waals surface area contributed by atoms with Gasteiger partial charge in [-0.2, -0.15) is 0 Å². The fourth-order valence-corrected chi connectivity index (χ4v) is 3.43. The van der Waals surface area contributed by atoms with Crippen molar-refractivity contribution in [3.63, 3.8) is 0 Å². The quantitative estimate of drug-likeness (QED) is 0.418. The highest BCUT2D eigenvalue weighted by Crippen LogP contribution is 2.33. The van der Waals surface area contributed by atoms with Gasteiger partial charge in [-0.25, -0.2) is 0 Å². The average molecular weight is 406 g/mol. The number of benzene rings is 2. The third kappa shape index (κ3) is 4.35. The molecule has 0 saturated heterocycles. The molecule has 0 bridgehead atoms. The van der Waals surface area contributed by atoms with E-state index in [0.29, 0.717) is 30.5 Å². The molecular weight excluding hydrogens is 380 g/mol. The van der Waals surface area contributed by atoms with Gasteiger partial charge in [-0.15, -0.1) is 0 Å². The van der Waals surface area contributed by atoms with E-state index in [1.54, 1.807) is 29.2 Å². The Balaban J connectivity index is 1.85. The Kier molecular flexibility index (Phi) is 6.20. The Labute approximate surface area is 176 Å². The number of methoxy groups -OCH3 is 1. The summed E-state index contributed by atoms with van der Waals surface area (Å²) in [5.74, 6) is -0.319. The number of ether oxygens (including phenoxy) is 1. The van der Waals surface area contributed by atoms with Crippen LogP contribution in [0.2, 0.25) is 0 Å². The Morgan fingerprint density at radius 2 is 1.77 bits per heavy atom. The van der Waals surface area contributed by atoms with Crippen LogP contribution in [0.1, 0.15) is 23.1 Å². The fourth-order valence-electron chi connectivity index (χ4n) is 3.43. The molecule has 2 aromatic carbocycles. The second-order valence-electron chi connectivity index (χ2n) is 7.34. The molecule has 0 radical (unpaired) electrons. The number of aryl methyl sites for hydroxylation is 1. The van der Waals surface area contributed by atoms with E-state index in [4.69, 9.17) is 11.1 Å². The fraction of sp³-hybridized carbons (Fsp3) is 0.261. The van der Waals surface area contributed by atoms with Gasteiger partial charge >= 0.3 is 5.97 Å². The number of nitrogens with one attached hydrogen (secondary N) is 1. The van der Waals surface area contributed by atoms with Crippen LogP contribution in [0.5, 0.6) is 0 Å². The molecule has 0 aromatic heterocycles. The molecule has 3 N–H and O–H groups in total. The second kappa shape index (κ2) is 8.82. The molecule has 0 aliphatic carbocycles. The van der Waals surface area contributed by atoms with Crippen molar-refractivity contribution in [1.29, 1.82) is 5.41 Å². The molecular formula is C23H26N4O3. The molecule has 2 aromatic rings. The number of hydrogen-bond acceptors (Lipinski definition) is 5. The lowest BCUT2D eigenvalue weighted by Gasteiger charge is -2.19. The largest absolute Gasteiger partial charge is 0.469 e. The monoisotopic (exact) mass is 406 g/mol. The van der Waals surface area contributed by atoms with E-state index in [1.165, 1.54) is 7.11 Å². The van der Waals surface area contributed by atoms with Gasteiger partial charge in [0.15, 0.2) is 0 Å². The van der Waals surface area contributed by atoms with Crippen molar-refractivity contribution in [2.75, 3.05) is 32.6 Å². The maximum absolute atomic E-state index is 13.3. The first kappa shape index (κ1) is 21.1. The molecule has 1 amide bonds. The number of esters is 1. The standard InChI is InChI=1S/C23H26N4O3/c1-26(2)19-14-27(18-11-9-17(10-12-18)22(24)25)23(29)21(19)16-7-4-15(5-8-16)6-13-20(28)30-3/h4-5,7-12H,6,13-14H2,1-3H3,(H3,24,25). The number of nitrogens with two attached hydrogens (primary N) is 1. The smallest absolute Gasteiger partial charge is 0.305 e. The van der Waals surface area contributed by atoms with Crippen LogP contribution in [0.15, 0.2) is 54.2 Å². The zero-order valence-electron chi connectivity index (χ0n) is 17.4. The van der Waals surface area contributed by atoms with Crippen molar-refractivity contribution in [1.82, 2.24) is 4.90 Å². The van der Waals surface area contributed by atoms with E-state index in [2.05, 4.69) is 4.74 Å². The van der Waals surface area contributed by atoms with E-state index < -0.39 is 0 Å². The number of likely N-dealkylation sites (N-methyl/N-ethyl adjacent to an activating group) is 1. The van der Waals surface area contributed by atoms with Gasteiger partial charge < -0.3 is 20.3 Å². The van der Waals surface area contributed by atoms with E-state index >= 15 is 0 Å². The SMILES string of the molecule is COC(=O)CCc1ccc(C2=C(N(C)C)CN(c3ccc(C(=N)N)cc3)C2=O)cc1. The maximum atomic E-state index is 13.3. The first-order chi connectivity index (χ1) is 14.3. The molecule has 156 valence electrons. The lowest BCUT2D eigenvalue weighted by molar-refractivity contribution is -0.140. The van der Waals surface area contributed by atoms with Crippen LogP contribution in [0.3, 0.4) is 0 Å². The van der Waals surface area contributed by atoms with Crippen LogP contribution < -0.4 is 10.6 Å². The minimum atomic E-state index is -0.242. The summed E-state index contributed by atoms with van der Waals surface area (Å²) >= 11 is 0. The molecule has 0 saturated carbocycles. The summed E-state index contributed by atoms with van der Waals surface area (Å²) in [6.45, 7) is 0.463. The molecule has 30 heavy (non-hydrogen) atoms. The molecule has 0 spiro atoms. The van der Waals surface area contributed by atoms with Crippen LogP contribution in [0, 0.1) is 5.41 Å². The van der Waals surface area contributed by atoms with Crippen LogP contribution in [0.4, 0.5) is 5.69 Å². The van der Waals surface area contributed by atoms with E-state index in [-0.39, 0.29) is 17.7 Å². The van der Waals surface area contributed by atoms with Crippen molar-refractivity contribution >= 4 is 29.0 Å². The van der Waals surface area contributed by atoms with Crippen molar-refractivity contribution in [3.8, 4) is 0 Å². The van der Waals surface area contributed by atoms with Crippen LogP contribution in [0.25, 0.3) is 5.57 Å². The summed E-state index contributed by atoms with van der Waals surface area (Å²) in [5.41, 5.74) is 10.3.